The summed E-state index contributed by atoms with van der Waals surface area (Å²) in [5, 5.41) is 0. The van der Waals surface area contributed by atoms with E-state index in [4.69, 9.17) is 4.74 Å². The Morgan fingerprint density at radius 2 is 1.96 bits per heavy atom. The highest BCUT2D eigenvalue weighted by Gasteiger charge is 2.32. The van der Waals surface area contributed by atoms with E-state index in [1.165, 1.54) is 7.11 Å². The molecule has 1 heterocycles. The number of carbonyl (C=O) groups is 2. The number of methoxy groups -OCH3 is 1. The van der Waals surface area contributed by atoms with E-state index < -0.39 is 0 Å². The number of ether oxygens (including phenoxy) is 1. The van der Waals surface area contributed by atoms with E-state index >= 15 is 0 Å². The van der Waals surface area contributed by atoms with E-state index in [0.29, 0.717) is 24.1 Å². The summed E-state index contributed by atoms with van der Waals surface area (Å²) in [6.07, 6.45) is 4.86. The highest BCUT2D eigenvalue weighted by atomic mass is 79.9. The lowest BCUT2D eigenvalue weighted by Crippen LogP contribution is -2.45. The Hall–Kier alpha value is -1.36. The van der Waals surface area contributed by atoms with Crippen LogP contribution in [0.25, 0.3) is 0 Å². The molecule has 0 N–H and O–H groups in total. The number of halogens is 1. The first-order chi connectivity index (χ1) is 11.0. The Balaban J connectivity index is 2.39. The Kier molecular flexibility index (Phi) is 6.22. The second kappa shape index (κ2) is 7.95. The number of amides is 1. The molecule has 0 spiro atoms. The maximum atomic E-state index is 13.0. The van der Waals surface area contributed by atoms with E-state index in [-0.39, 0.29) is 17.9 Å². The van der Waals surface area contributed by atoms with Crippen molar-refractivity contribution in [2.45, 2.75) is 52.0 Å². The van der Waals surface area contributed by atoms with Gasteiger partial charge in [0.15, 0.2) is 0 Å². The van der Waals surface area contributed by atoms with Crippen LogP contribution in [0, 0.1) is 0 Å². The average Bonchev–Trinajstić information content (AvgIpc) is 2.54. The van der Waals surface area contributed by atoms with E-state index in [2.05, 4.69) is 29.8 Å². The van der Waals surface area contributed by atoms with Crippen LogP contribution in [0.2, 0.25) is 0 Å². The number of fused-ring (bicyclic) bond motifs is 1. The molecule has 0 aliphatic carbocycles. The van der Waals surface area contributed by atoms with Gasteiger partial charge in [-0.3, -0.25) is 4.79 Å². The van der Waals surface area contributed by atoms with Gasteiger partial charge < -0.3 is 9.64 Å². The highest BCUT2D eigenvalue weighted by molar-refractivity contribution is 9.10. The van der Waals surface area contributed by atoms with E-state index in [0.717, 1.165) is 35.7 Å². The second-order valence-electron chi connectivity index (χ2n) is 5.95. The predicted octanol–water partition coefficient (Wildman–Crippen LogP) is 4.20. The number of hydrogen-bond donors (Lipinski definition) is 0. The fourth-order valence-electron chi connectivity index (χ4n) is 3.35. The fourth-order valence-corrected chi connectivity index (χ4v) is 3.81. The molecule has 23 heavy (non-hydrogen) atoms. The summed E-state index contributed by atoms with van der Waals surface area (Å²) in [5.41, 5.74) is 1.93. The first kappa shape index (κ1) is 18.0. The quantitative estimate of drug-likeness (QED) is 0.693. The third kappa shape index (κ3) is 3.77. The first-order valence-electron chi connectivity index (χ1n) is 8.25. The van der Waals surface area contributed by atoms with Crippen LogP contribution in [-0.4, -0.2) is 36.5 Å². The maximum absolute atomic E-state index is 13.0. The number of nitrogens with zero attached hydrogens (tertiary/aromatic N) is 1. The van der Waals surface area contributed by atoms with Gasteiger partial charge in [0.2, 0.25) is 0 Å². The van der Waals surface area contributed by atoms with Gasteiger partial charge >= 0.3 is 5.97 Å². The molecule has 1 aromatic rings. The van der Waals surface area contributed by atoms with Crippen molar-refractivity contribution in [3.05, 3.63) is 33.3 Å². The van der Waals surface area contributed by atoms with Crippen molar-refractivity contribution in [3.63, 3.8) is 0 Å². The third-order valence-electron chi connectivity index (χ3n) is 4.40. The molecular weight excluding hydrogens is 358 g/mol. The molecule has 5 heteroatoms. The number of esters is 1. The van der Waals surface area contributed by atoms with Crippen molar-refractivity contribution in [3.8, 4) is 0 Å². The van der Waals surface area contributed by atoms with Gasteiger partial charge in [0.1, 0.15) is 0 Å². The normalized spacial score (nSPS) is 14.1. The van der Waals surface area contributed by atoms with Crippen molar-refractivity contribution in [1.82, 2.24) is 4.90 Å². The van der Waals surface area contributed by atoms with Crippen molar-refractivity contribution in [2.24, 2.45) is 0 Å². The number of carbonyl (C=O) groups excluding carboxylic acids is 2. The summed E-state index contributed by atoms with van der Waals surface area (Å²) >= 11 is 3.41. The summed E-state index contributed by atoms with van der Waals surface area (Å²) < 4.78 is 5.59. The molecule has 0 aromatic heterocycles. The molecular formula is C18H24BrNO3. The lowest BCUT2D eigenvalue weighted by molar-refractivity contribution is 0.0595. The molecule has 1 aliphatic rings. The van der Waals surface area contributed by atoms with Crippen LogP contribution in [-0.2, 0) is 11.2 Å². The van der Waals surface area contributed by atoms with Crippen molar-refractivity contribution < 1.29 is 14.3 Å². The van der Waals surface area contributed by atoms with Gasteiger partial charge in [-0.05, 0) is 37.0 Å². The lowest BCUT2D eigenvalue weighted by Gasteiger charge is -2.36. The van der Waals surface area contributed by atoms with Gasteiger partial charge in [-0.2, -0.15) is 0 Å². The molecule has 0 atom stereocenters. The molecule has 2 rings (SSSR count). The lowest BCUT2D eigenvalue weighted by atomic mass is 9.91. The Morgan fingerprint density at radius 1 is 1.30 bits per heavy atom. The predicted molar refractivity (Wildman–Crippen MR) is 93.8 cm³/mol. The summed E-state index contributed by atoms with van der Waals surface area (Å²) in [4.78, 5) is 27.0. The van der Waals surface area contributed by atoms with Gasteiger partial charge in [-0.1, -0.05) is 42.6 Å². The number of benzene rings is 1. The van der Waals surface area contributed by atoms with Gasteiger partial charge in [-0.25, -0.2) is 4.79 Å². The molecule has 0 radical (unpaired) electrons. The van der Waals surface area contributed by atoms with Crippen LogP contribution in [0.1, 0.15) is 65.8 Å². The fraction of sp³-hybridized carbons (Fsp3) is 0.556. The zero-order chi connectivity index (χ0) is 17.0. The molecule has 0 unspecified atom stereocenters. The monoisotopic (exact) mass is 381 g/mol. The van der Waals surface area contributed by atoms with E-state index in [9.17, 15) is 9.59 Å². The van der Waals surface area contributed by atoms with Gasteiger partial charge in [0.05, 0.1) is 12.7 Å². The molecule has 1 aromatic carbocycles. The Bertz CT molecular complexity index is 594. The van der Waals surface area contributed by atoms with Crippen LogP contribution >= 0.6 is 15.9 Å². The SMILES string of the molecule is CCCC(CCC)N1CCc2c(C(=O)OC)cc(Br)cc2C1=O. The smallest absolute Gasteiger partial charge is 0.338 e. The molecule has 1 aliphatic heterocycles. The minimum absolute atomic E-state index is 0.0320. The topological polar surface area (TPSA) is 46.6 Å². The standard InChI is InChI=1S/C18H24BrNO3/c1-4-6-13(7-5-2)20-9-8-14-15(17(20)21)10-12(19)11-16(14)18(22)23-3/h10-11,13H,4-9H2,1-3H3. The Labute approximate surface area is 146 Å². The zero-order valence-corrected chi connectivity index (χ0v) is 15.6. The van der Waals surface area contributed by atoms with Crippen LogP contribution in [0.5, 0.6) is 0 Å². The third-order valence-corrected chi connectivity index (χ3v) is 4.86. The van der Waals surface area contributed by atoms with Gasteiger partial charge in [-0.15, -0.1) is 0 Å². The molecule has 0 fully saturated rings. The summed E-state index contributed by atoms with van der Waals surface area (Å²) in [7, 11) is 1.37. The van der Waals surface area contributed by atoms with E-state index in [1.54, 1.807) is 6.07 Å². The summed E-state index contributed by atoms with van der Waals surface area (Å²) in [6, 6.07) is 3.85. The highest BCUT2D eigenvalue weighted by Crippen LogP contribution is 2.30. The van der Waals surface area contributed by atoms with E-state index in [1.807, 2.05) is 11.0 Å². The number of rotatable bonds is 6. The number of hydrogen-bond acceptors (Lipinski definition) is 3. The van der Waals surface area contributed by atoms with Crippen LogP contribution < -0.4 is 0 Å². The molecule has 1 amide bonds. The van der Waals surface area contributed by atoms with Crippen molar-refractivity contribution in [2.75, 3.05) is 13.7 Å². The molecule has 4 nitrogen and oxygen atoms in total. The van der Waals surface area contributed by atoms with Crippen molar-refractivity contribution in [1.29, 1.82) is 0 Å². The zero-order valence-electron chi connectivity index (χ0n) is 14.0. The second-order valence-corrected chi connectivity index (χ2v) is 6.87. The van der Waals surface area contributed by atoms with Crippen molar-refractivity contribution >= 4 is 27.8 Å². The maximum Gasteiger partial charge on any atom is 0.338 e. The van der Waals surface area contributed by atoms with Gasteiger partial charge in [0.25, 0.3) is 5.91 Å². The molecule has 0 saturated heterocycles. The molecule has 0 bridgehead atoms. The Morgan fingerprint density at radius 3 is 2.52 bits per heavy atom. The van der Waals surface area contributed by atoms with Crippen LogP contribution in [0.3, 0.4) is 0 Å². The van der Waals surface area contributed by atoms with Crippen LogP contribution in [0.4, 0.5) is 0 Å². The summed E-state index contributed by atoms with van der Waals surface area (Å²) in [5.74, 6) is -0.355. The first-order valence-corrected chi connectivity index (χ1v) is 9.04. The molecule has 126 valence electrons. The average molecular weight is 382 g/mol. The van der Waals surface area contributed by atoms with Gasteiger partial charge in [0, 0.05) is 22.6 Å². The minimum Gasteiger partial charge on any atom is -0.465 e. The van der Waals surface area contributed by atoms with Crippen LogP contribution in [0.15, 0.2) is 16.6 Å². The minimum atomic E-state index is -0.387. The molecule has 0 saturated carbocycles. The largest absolute Gasteiger partial charge is 0.465 e. The summed E-state index contributed by atoms with van der Waals surface area (Å²) in [6.45, 7) is 4.97.